The van der Waals surface area contributed by atoms with E-state index in [1.165, 1.54) is 54.2 Å². The van der Waals surface area contributed by atoms with Gasteiger partial charge in [0.1, 0.15) is 12.7 Å². The minimum absolute atomic E-state index is 0.0400. The van der Waals surface area contributed by atoms with Crippen LogP contribution in [0.5, 0.6) is 0 Å². The summed E-state index contributed by atoms with van der Waals surface area (Å²) in [6, 6.07) is 20.9. The molecule has 0 saturated carbocycles. The number of nitro groups is 2. The number of amides is 2. The molecule has 1 aliphatic rings. The summed E-state index contributed by atoms with van der Waals surface area (Å²) in [6.45, 7) is 0.213. The highest BCUT2D eigenvalue weighted by molar-refractivity contribution is 9.11. The van der Waals surface area contributed by atoms with Crippen LogP contribution in [0, 0.1) is 26.1 Å². The molecule has 1 heterocycles. The van der Waals surface area contributed by atoms with Crippen LogP contribution in [0.15, 0.2) is 78.9 Å². The van der Waals surface area contributed by atoms with Gasteiger partial charge in [-0.25, -0.2) is 9.59 Å². The molecule has 0 bridgehead atoms. The molecule has 1 aliphatic heterocycles. The van der Waals surface area contributed by atoms with Crippen molar-refractivity contribution in [2.45, 2.75) is 48.6 Å². The second kappa shape index (κ2) is 18.1. The molecule has 254 valence electrons. The summed E-state index contributed by atoms with van der Waals surface area (Å²) < 4.78 is 5.01. The number of hydrogen-bond acceptors (Lipinski definition) is 11. The van der Waals surface area contributed by atoms with Gasteiger partial charge in [-0.1, -0.05) is 64.5 Å². The first-order valence-electron chi connectivity index (χ1n) is 14.9. The molecular formula is C32H33BrN4O10S. The maximum atomic E-state index is 12.7. The zero-order valence-electron chi connectivity index (χ0n) is 25.5. The predicted octanol–water partition coefficient (Wildman–Crippen LogP) is 5.41. The first-order valence-corrected chi connectivity index (χ1v) is 16.9. The highest BCUT2D eigenvalue weighted by Gasteiger charge is 2.45. The Morgan fingerprint density at radius 2 is 1.67 bits per heavy atom. The van der Waals surface area contributed by atoms with E-state index in [1.807, 2.05) is 30.3 Å². The maximum absolute atomic E-state index is 12.7. The summed E-state index contributed by atoms with van der Waals surface area (Å²) in [7, 11) is 0. The summed E-state index contributed by atoms with van der Waals surface area (Å²) in [5.41, 5.74) is 1.56. The molecular weight excluding hydrogens is 712 g/mol. The number of carbonyl (C=O) groups excluding carboxylic acids is 3. The summed E-state index contributed by atoms with van der Waals surface area (Å²) in [5.74, 6) is -1.03. The first-order chi connectivity index (χ1) is 23.1. The van der Waals surface area contributed by atoms with Gasteiger partial charge in [0.25, 0.3) is 11.4 Å². The van der Waals surface area contributed by atoms with Gasteiger partial charge in [0.2, 0.25) is 5.91 Å². The Balaban J connectivity index is 1.24. The molecule has 16 heteroatoms. The van der Waals surface area contributed by atoms with E-state index in [4.69, 9.17) is 14.5 Å². The molecule has 0 aromatic heterocycles. The fourth-order valence-corrected chi connectivity index (χ4v) is 6.54. The standard InChI is InChI=1S/C32H33BrN4O10S/c33-28(19-34-32(40)45-20-22-10-13-24(14-11-22)36(41)42)48-17-16-25-30(31(39)35-25)27(15-12-21-6-2-1-3-7-21)46-47-29(38)18-23-8-4-5-9-26(23)37(43)44/h1-11,13-14,25,27-28,30H,12,15-20H2,(H,34,40)(H,35,39)/t25-,27-,28?,30+/m1/s1. The lowest BCUT2D eigenvalue weighted by Gasteiger charge is -2.40. The van der Waals surface area contributed by atoms with Crippen LogP contribution in [0.3, 0.4) is 0 Å². The number of rotatable bonds is 18. The molecule has 0 aliphatic carbocycles. The number of halogens is 1. The fraction of sp³-hybridized carbons (Fsp3) is 0.344. The molecule has 1 unspecified atom stereocenters. The predicted molar refractivity (Wildman–Crippen MR) is 179 cm³/mol. The summed E-state index contributed by atoms with van der Waals surface area (Å²) >= 11 is 5.03. The largest absolute Gasteiger partial charge is 0.445 e. The lowest BCUT2D eigenvalue weighted by Crippen LogP contribution is -2.63. The van der Waals surface area contributed by atoms with Crippen molar-refractivity contribution in [2.24, 2.45) is 5.92 Å². The maximum Gasteiger partial charge on any atom is 0.407 e. The van der Waals surface area contributed by atoms with Crippen LogP contribution in [-0.2, 0) is 43.5 Å². The van der Waals surface area contributed by atoms with Gasteiger partial charge < -0.3 is 15.4 Å². The third-order valence-corrected chi connectivity index (χ3v) is 9.58. The Morgan fingerprint density at radius 3 is 2.35 bits per heavy atom. The number of nitrogens with zero attached hydrogens (tertiary/aromatic N) is 2. The first kappa shape index (κ1) is 36.3. The van der Waals surface area contributed by atoms with Crippen LogP contribution in [0.25, 0.3) is 0 Å². The van der Waals surface area contributed by atoms with E-state index in [9.17, 15) is 34.6 Å². The lowest BCUT2D eigenvalue weighted by atomic mass is 9.81. The molecule has 3 aromatic carbocycles. The van der Waals surface area contributed by atoms with Crippen molar-refractivity contribution in [2.75, 3.05) is 12.3 Å². The third-order valence-electron chi connectivity index (χ3n) is 7.46. The van der Waals surface area contributed by atoms with Crippen LogP contribution in [0.4, 0.5) is 16.2 Å². The van der Waals surface area contributed by atoms with E-state index in [0.29, 0.717) is 30.6 Å². The van der Waals surface area contributed by atoms with Crippen molar-refractivity contribution in [3.63, 3.8) is 0 Å². The van der Waals surface area contributed by atoms with Gasteiger partial charge in [0, 0.05) is 36.3 Å². The molecule has 2 N–H and O–H groups in total. The minimum Gasteiger partial charge on any atom is -0.445 e. The van der Waals surface area contributed by atoms with Gasteiger partial charge in [-0.05, 0) is 48.3 Å². The summed E-state index contributed by atoms with van der Waals surface area (Å²) in [5, 5.41) is 27.6. The Morgan fingerprint density at radius 1 is 0.958 bits per heavy atom. The van der Waals surface area contributed by atoms with Gasteiger partial charge in [-0.2, -0.15) is 4.89 Å². The Bertz CT molecular complexity index is 1580. The number of nitro benzene ring substituents is 2. The normalized spacial score (nSPS) is 16.5. The van der Waals surface area contributed by atoms with Crippen LogP contribution in [0.1, 0.15) is 29.5 Å². The second-order valence-corrected chi connectivity index (χ2v) is 13.8. The number of alkyl carbamates (subject to hydrolysis) is 1. The lowest BCUT2D eigenvalue weighted by molar-refractivity contribution is -0.385. The third kappa shape index (κ3) is 11.0. The fourth-order valence-electron chi connectivity index (χ4n) is 4.97. The highest BCUT2D eigenvalue weighted by Crippen LogP contribution is 2.30. The van der Waals surface area contributed by atoms with Crippen LogP contribution in [-0.4, -0.2) is 56.4 Å². The van der Waals surface area contributed by atoms with E-state index in [-0.39, 0.29) is 52.6 Å². The smallest absolute Gasteiger partial charge is 0.407 e. The molecule has 4 atom stereocenters. The zero-order valence-corrected chi connectivity index (χ0v) is 27.9. The molecule has 0 spiro atoms. The molecule has 48 heavy (non-hydrogen) atoms. The number of para-hydroxylation sites is 1. The summed E-state index contributed by atoms with van der Waals surface area (Å²) in [6.07, 6.45) is -0.241. The number of nitrogens with one attached hydrogen (secondary N) is 2. The van der Waals surface area contributed by atoms with E-state index in [1.54, 1.807) is 6.07 Å². The average molecular weight is 746 g/mol. The molecule has 3 aromatic rings. The SMILES string of the molecule is O=C(Cc1ccccc1[N+](=O)[O-])OO[C@H](CCc1ccccc1)[C@H]1C(=O)N[C@@H]1CCSC(Br)CNC(=O)OCc1ccc([N+](=O)[O-])cc1. The van der Waals surface area contributed by atoms with E-state index >= 15 is 0 Å². The quantitative estimate of drug-likeness (QED) is 0.0557. The highest BCUT2D eigenvalue weighted by atomic mass is 79.9. The van der Waals surface area contributed by atoms with E-state index < -0.39 is 33.9 Å². The van der Waals surface area contributed by atoms with Gasteiger partial charge in [0.05, 0.1) is 26.3 Å². The van der Waals surface area contributed by atoms with Crippen molar-refractivity contribution in [1.29, 1.82) is 0 Å². The number of carbonyl (C=O) groups is 3. The molecule has 1 saturated heterocycles. The van der Waals surface area contributed by atoms with Crippen molar-refractivity contribution >= 4 is 57.0 Å². The number of benzene rings is 3. The number of β-lactam (4-membered cyclic amide) rings is 1. The number of alkyl halides is 1. The van der Waals surface area contributed by atoms with E-state index in [0.717, 1.165) is 5.56 Å². The number of aryl methyl sites for hydroxylation is 1. The number of ether oxygens (including phenoxy) is 1. The topological polar surface area (TPSA) is 189 Å². The van der Waals surface area contributed by atoms with Crippen LogP contribution in [0.2, 0.25) is 0 Å². The van der Waals surface area contributed by atoms with E-state index in [2.05, 4.69) is 26.6 Å². The van der Waals surface area contributed by atoms with Crippen molar-refractivity contribution < 1.29 is 38.7 Å². The van der Waals surface area contributed by atoms with Crippen molar-refractivity contribution in [3.8, 4) is 0 Å². The molecule has 0 radical (unpaired) electrons. The average Bonchev–Trinajstić information content (AvgIpc) is 3.07. The van der Waals surface area contributed by atoms with Crippen molar-refractivity contribution in [3.05, 3.63) is 116 Å². The Labute approximate surface area is 288 Å². The molecule has 4 rings (SSSR count). The minimum atomic E-state index is -0.818. The molecule has 1 fully saturated rings. The zero-order chi connectivity index (χ0) is 34.5. The van der Waals surface area contributed by atoms with Gasteiger partial charge in [0.15, 0.2) is 0 Å². The number of thioether (sulfide) groups is 1. The summed E-state index contributed by atoms with van der Waals surface area (Å²) in [4.78, 5) is 69.2. The molecule has 14 nitrogen and oxygen atoms in total. The van der Waals surface area contributed by atoms with Crippen LogP contribution < -0.4 is 10.6 Å². The number of hydrogen-bond donors (Lipinski definition) is 2. The second-order valence-electron chi connectivity index (χ2n) is 10.8. The van der Waals surface area contributed by atoms with Gasteiger partial charge in [-0.15, -0.1) is 11.8 Å². The van der Waals surface area contributed by atoms with Gasteiger partial charge >= 0.3 is 12.1 Å². The Kier molecular flexibility index (Phi) is 13.7. The monoisotopic (exact) mass is 744 g/mol. The van der Waals surface area contributed by atoms with Crippen LogP contribution >= 0.6 is 27.7 Å². The van der Waals surface area contributed by atoms with Crippen molar-refractivity contribution in [1.82, 2.24) is 10.6 Å². The van der Waals surface area contributed by atoms with Gasteiger partial charge in [-0.3, -0.25) is 29.9 Å². The number of non-ortho nitro benzene ring substituents is 1. The Hall–Kier alpha value is -4.54. The molecule has 2 amide bonds.